The summed E-state index contributed by atoms with van der Waals surface area (Å²) >= 11 is 0. The monoisotopic (exact) mass is 352 g/mol. The topological polar surface area (TPSA) is 95.0 Å². The summed E-state index contributed by atoms with van der Waals surface area (Å²) in [5, 5.41) is 9.14. The number of fused-ring (bicyclic) bond motifs is 1. The standard InChI is InChI=1S/C16H20N2O5S/c1-24(22,23)18-8-6-11-9-12(4-5-14(11)18)15(19)17-7-2-3-13(10-17)16(20)21/h4-5,9,13H,2-3,6-8,10H2,1H3,(H,20,21)/t13-/m1/s1. The van der Waals surface area contributed by atoms with Crippen LogP contribution in [-0.2, 0) is 21.2 Å². The molecule has 8 heteroatoms. The lowest BCUT2D eigenvalue weighted by atomic mass is 9.97. The number of hydrogen-bond acceptors (Lipinski definition) is 4. The number of hydrogen-bond donors (Lipinski definition) is 1. The van der Waals surface area contributed by atoms with Crippen LogP contribution in [0.25, 0.3) is 0 Å². The van der Waals surface area contributed by atoms with Gasteiger partial charge in [0.2, 0.25) is 10.0 Å². The largest absolute Gasteiger partial charge is 0.481 e. The van der Waals surface area contributed by atoms with E-state index in [1.165, 1.54) is 10.6 Å². The Hall–Kier alpha value is -2.09. The molecule has 0 radical (unpaired) electrons. The Kier molecular flexibility index (Phi) is 4.25. The molecule has 0 spiro atoms. The van der Waals surface area contributed by atoms with Crippen molar-refractivity contribution in [2.45, 2.75) is 19.3 Å². The van der Waals surface area contributed by atoms with Crippen molar-refractivity contribution >= 4 is 27.6 Å². The first-order valence-electron chi connectivity index (χ1n) is 7.90. The Morgan fingerprint density at radius 2 is 2.00 bits per heavy atom. The second kappa shape index (κ2) is 6.08. The zero-order chi connectivity index (χ0) is 17.5. The molecule has 0 aromatic heterocycles. The third-order valence-corrected chi connectivity index (χ3v) is 5.82. The number of aliphatic carboxylic acids is 1. The lowest BCUT2D eigenvalue weighted by molar-refractivity contribution is -0.143. The van der Waals surface area contributed by atoms with Crippen molar-refractivity contribution < 1.29 is 23.1 Å². The van der Waals surface area contributed by atoms with Gasteiger partial charge in [0.15, 0.2) is 0 Å². The van der Waals surface area contributed by atoms with E-state index in [-0.39, 0.29) is 12.5 Å². The summed E-state index contributed by atoms with van der Waals surface area (Å²) < 4.78 is 24.9. The van der Waals surface area contributed by atoms with Crippen molar-refractivity contribution in [1.82, 2.24) is 4.90 Å². The van der Waals surface area contributed by atoms with E-state index in [1.807, 2.05) is 0 Å². The minimum Gasteiger partial charge on any atom is -0.481 e. The zero-order valence-corrected chi connectivity index (χ0v) is 14.3. The second-order valence-corrected chi connectivity index (χ2v) is 8.26. The van der Waals surface area contributed by atoms with Crippen molar-refractivity contribution in [3.05, 3.63) is 29.3 Å². The van der Waals surface area contributed by atoms with Gasteiger partial charge in [0.1, 0.15) is 0 Å². The smallest absolute Gasteiger partial charge is 0.308 e. The molecule has 1 amide bonds. The van der Waals surface area contributed by atoms with Gasteiger partial charge in [-0.2, -0.15) is 0 Å². The number of sulfonamides is 1. The molecule has 1 N–H and O–H groups in total. The summed E-state index contributed by atoms with van der Waals surface area (Å²) in [7, 11) is -3.31. The van der Waals surface area contributed by atoms with Crippen LogP contribution in [0.4, 0.5) is 5.69 Å². The fraction of sp³-hybridized carbons (Fsp3) is 0.500. The van der Waals surface area contributed by atoms with Crippen LogP contribution in [0.5, 0.6) is 0 Å². The number of likely N-dealkylation sites (tertiary alicyclic amines) is 1. The van der Waals surface area contributed by atoms with Gasteiger partial charge in [0.25, 0.3) is 5.91 Å². The third-order valence-electron chi connectivity index (χ3n) is 4.64. The van der Waals surface area contributed by atoms with Crippen molar-refractivity contribution in [2.24, 2.45) is 5.92 Å². The van der Waals surface area contributed by atoms with Crippen LogP contribution >= 0.6 is 0 Å². The first kappa shape index (κ1) is 16.8. The average Bonchev–Trinajstić information content (AvgIpc) is 2.97. The van der Waals surface area contributed by atoms with Crippen molar-refractivity contribution in [3.8, 4) is 0 Å². The van der Waals surface area contributed by atoms with E-state index < -0.39 is 21.9 Å². The number of carbonyl (C=O) groups excluding carboxylic acids is 1. The van der Waals surface area contributed by atoms with Gasteiger partial charge in [-0.05, 0) is 43.0 Å². The summed E-state index contributed by atoms with van der Waals surface area (Å²) in [6, 6.07) is 5.01. The molecule has 1 fully saturated rings. The van der Waals surface area contributed by atoms with E-state index in [2.05, 4.69) is 0 Å². The van der Waals surface area contributed by atoms with Gasteiger partial charge in [-0.15, -0.1) is 0 Å². The van der Waals surface area contributed by atoms with Crippen LogP contribution < -0.4 is 4.31 Å². The number of amides is 1. The van der Waals surface area contributed by atoms with Crippen LogP contribution in [0.3, 0.4) is 0 Å². The fourth-order valence-electron chi connectivity index (χ4n) is 3.39. The van der Waals surface area contributed by atoms with Gasteiger partial charge in [0, 0.05) is 25.2 Å². The maximum Gasteiger partial charge on any atom is 0.308 e. The minimum absolute atomic E-state index is 0.193. The molecule has 1 atom stereocenters. The van der Waals surface area contributed by atoms with Gasteiger partial charge < -0.3 is 10.0 Å². The molecule has 2 aliphatic rings. The van der Waals surface area contributed by atoms with E-state index in [9.17, 15) is 18.0 Å². The highest BCUT2D eigenvalue weighted by molar-refractivity contribution is 7.92. The van der Waals surface area contributed by atoms with Gasteiger partial charge >= 0.3 is 5.97 Å². The van der Waals surface area contributed by atoms with Crippen molar-refractivity contribution in [1.29, 1.82) is 0 Å². The van der Waals surface area contributed by atoms with Crippen molar-refractivity contribution in [3.63, 3.8) is 0 Å². The van der Waals surface area contributed by atoms with Crippen LogP contribution in [-0.4, -0.2) is 56.2 Å². The molecule has 0 saturated carbocycles. The van der Waals surface area contributed by atoms with E-state index in [0.29, 0.717) is 43.6 Å². The Morgan fingerprint density at radius 3 is 2.67 bits per heavy atom. The predicted molar refractivity (Wildman–Crippen MR) is 88.6 cm³/mol. The van der Waals surface area contributed by atoms with Crippen LogP contribution in [0, 0.1) is 5.92 Å². The molecule has 3 rings (SSSR count). The molecule has 1 saturated heterocycles. The molecule has 1 aromatic rings. The molecule has 2 aliphatic heterocycles. The van der Waals surface area contributed by atoms with E-state index in [1.54, 1.807) is 23.1 Å². The number of rotatable bonds is 3. The zero-order valence-electron chi connectivity index (χ0n) is 13.4. The Balaban J connectivity index is 1.81. The maximum atomic E-state index is 12.6. The van der Waals surface area contributed by atoms with Gasteiger partial charge in [-0.3, -0.25) is 13.9 Å². The summed E-state index contributed by atoms with van der Waals surface area (Å²) in [6.45, 7) is 1.16. The fourth-order valence-corrected chi connectivity index (χ4v) is 4.35. The highest BCUT2D eigenvalue weighted by atomic mass is 32.2. The lowest BCUT2D eigenvalue weighted by Gasteiger charge is -2.30. The molecule has 24 heavy (non-hydrogen) atoms. The number of anilines is 1. The molecule has 1 aromatic carbocycles. The number of piperidine rings is 1. The highest BCUT2D eigenvalue weighted by Crippen LogP contribution is 2.31. The Labute approximate surface area is 140 Å². The number of carboxylic acids is 1. The SMILES string of the molecule is CS(=O)(=O)N1CCc2cc(C(=O)N3CCC[C@@H](C(=O)O)C3)ccc21. The highest BCUT2D eigenvalue weighted by Gasteiger charge is 2.30. The number of nitrogens with zero attached hydrogens (tertiary/aromatic N) is 2. The van der Waals surface area contributed by atoms with Gasteiger partial charge in [0.05, 0.1) is 17.9 Å². The predicted octanol–water partition coefficient (Wildman–Crippen LogP) is 0.945. The van der Waals surface area contributed by atoms with Crippen LogP contribution in [0.2, 0.25) is 0 Å². The van der Waals surface area contributed by atoms with Crippen LogP contribution in [0.15, 0.2) is 18.2 Å². The second-order valence-electron chi connectivity index (χ2n) is 6.36. The van der Waals surface area contributed by atoms with Gasteiger partial charge in [-0.1, -0.05) is 0 Å². The molecule has 130 valence electrons. The summed E-state index contributed by atoms with van der Waals surface area (Å²) in [5.41, 5.74) is 1.93. The summed E-state index contributed by atoms with van der Waals surface area (Å²) in [4.78, 5) is 25.4. The Bertz CT molecular complexity index is 790. The summed E-state index contributed by atoms with van der Waals surface area (Å²) in [5.74, 6) is -1.58. The first-order chi connectivity index (χ1) is 11.3. The molecule has 0 bridgehead atoms. The third kappa shape index (κ3) is 3.10. The molecular formula is C16H20N2O5S. The Morgan fingerprint density at radius 1 is 1.25 bits per heavy atom. The minimum atomic E-state index is -3.31. The number of benzene rings is 1. The van der Waals surface area contributed by atoms with Gasteiger partial charge in [-0.25, -0.2) is 8.42 Å². The normalized spacial score (nSPS) is 20.8. The number of carboxylic acid groups (broad SMARTS) is 1. The first-order valence-corrected chi connectivity index (χ1v) is 9.75. The van der Waals surface area contributed by atoms with Crippen LogP contribution in [0.1, 0.15) is 28.8 Å². The molecule has 7 nitrogen and oxygen atoms in total. The average molecular weight is 352 g/mol. The summed E-state index contributed by atoms with van der Waals surface area (Å²) in [6.07, 6.45) is 3.00. The molecule has 0 unspecified atom stereocenters. The lowest BCUT2D eigenvalue weighted by Crippen LogP contribution is -2.42. The van der Waals surface area contributed by atoms with E-state index in [0.717, 1.165) is 5.56 Å². The quantitative estimate of drug-likeness (QED) is 0.874. The number of carbonyl (C=O) groups is 2. The molecule has 0 aliphatic carbocycles. The molecular weight excluding hydrogens is 332 g/mol. The van der Waals surface area contributed by atoms with Crippen molar-refractivity contribution in [2.75, 3.05) is 30.2 Å². The molecule has 2 heterocycles. The van der Waals surface area contributed by atoms with E-state index in [4.69, 9.17) is 5.11 Å². The maximum absolute atomic E-state index is 12.6. The van der Waals surface area contributed by atoms with E-state index >= 15 is 0 Å².